The molecule has 2 amide bonds. The van der Waals surface area contributed by atoms with Gasteiger partial charge in [-0.15, -0.1) is 0 Å². The van der Waals surface area contributed by atoms with Crippen LogP contribution in [0, 0.1) is 6.92 Å². The summed E-state index contributed by atoms with van der Waals surface area (Å²) in [5, 5.41) is 5.09. The third-order valence-electron chi connectivity index (χ3n) is 3.40. The van der Waals surface area contributed by atoms with E-state index in [2.05, 4.69) is 20.5 Å². The number of ether oxygens (including phenoxy) is 1. The molecule has 1 fully saturated rings. The Bertz CT molecular complexity index is 498. The van der Waals surface area contributed by atoms with E-state index in [-0.39, 0.29) is 0 Å². The predicted octanol–water partition coefficient (Wildman–Crippen LogP) is 0.167. The molecular formula is C15H22N4O3. The zero-order chi connectivity index (χ0) is 15.8. The molecule has 120 valence electrons. The maximum atomic E-state index is 11.7. The number of nitrogens with zero attached hydrogens (tertiary/aromatic N) is 2. The number of carbonyl (C=O) groups is 2. The van der Waals surface area contributed by atoms with Crippen LogP contribution in [0.1, 0.15) is 12.0 Å². The Morgan fingerprint density at radius 3 is 2.73 bits per heavy atom. The molecule has 0 unspecified atom stereocenters. The van der Waals surface area contributed by atoms with Gasteiger partial charge in [0.2, 0.25) is 0 Å². The van der Waals surface area contributed by atoms with Crippen LogP contribution in [0.3, 0.4) is 0 Å². The van der Waals surface area contributed by atoms with Crippen LogP contribution in [-0.4, -0.2) is 61.1 Å². The Morgan fingerprint density at radius 1 is 1.27 bits per heavy atom. The van der Waals surface area contributed by atoms with Crippen LogP contribution in [0.5, 0.6) is 0 Å². The molecule has 0 aliphatic carbocycles. The molecule has 1 aliphatic rings. The lowest BCUT2D eigenvalue weighted by Gasteiger charge is -2.26. The van der Waals surface area contributed by atoms with Crippen LogP contribution in [0.25, 0.3) is 0 Å². The summed E-state index contributed by atoms with van der Waals surface area (Å²) in [6, 6.07) is 3.49. The number of carbonyl (C=O) groups excluding carboxylic acids is 2. The van der Waals surface area contributed by atoms with E-state index in [1.54, 1.807) is 12.3 Å². The summed E-state index contributed by atoms with van der Waals surface area (Å²) in [4.78, 5) is 29.7. The minimum atomic E-state index is -0.692. The molecule has 0 aromatic carbocycles. The lowest BCUT2D eigenvalue weighted by molar-refractivity contribution is -0.136. The number of hydrogen-bond acceptors (Lipinski definition) is 5. The SMILES string of the molecule is Cc1ccc(NC(=O)C(=O)NCCCN2CCOCC2)nc1. The number of aromatic nitrogens is 1. The fourth-order valence-corrected chi connectivity index (χ4v) is 2.12. The van der Waals surface area contributed by atoms with Crippen molar-refractivity contribution < 1.29 is 14.3 Å². The number of amides is 2. The Balaban J connectivity index is 1.63. The topological polar surface area (TPSA) is 83.6 Å². The van der Waals surface area contributed by atoms with E-state index in [4.69, 9.17) is 4.74 Å². The Morgan fingerprint density at radius 2 is 2.05 bits per heavy atom. The van der Waals surface area contributed by atoms with Crippen molar-refractivity contribution in [3.05, 3.63) is 23.9 Å². The second kappa shape index (κ2) is 8.45. The normalized spacial score (nSPS) is 15.3. The summed E-state index contributed by atoms with van der Waals surface area (Å²) in [6.45, 7) is 6.65. The Kier molecular flexibility index (Phi) is 6.29. The van der Waals surface area contributed by atoms with Gasteiger partial charge in [-0.1, -0.05) is 6.07 Å². The first-order valence-electron chi connectivity index (χ1n) is 7.47. The van der Waals surface area contributed by atoms with Crippen LogP contribution in [0.15, 0.2) is 18.3 Å². The minimum Gasteiger partial charge on any atom is -0.379 e. The molecule has 1 aromatic heterocycles. The van der Waals surface area contributed by atoms with E-state index in [9.17, 15) is 9.59 Å². The van der Waals surface area contributed by atoms with E-state index < -0.39 is 11.8 Å². The first kappa shape index (κ1) is 16.4. The van der Waals surface area contributed by atoms with Crippen molar-refractivity contribution in [2.45, 2.75) is 13.3 Å². The molecule has 2 rings (SSSR count). The quantitative estimate of drug-likeness (QED) is 0.598. The molecule has 7 heteroatoms. The highest BCUT2D eigenvalue weighted by Crippen LogP contribution is 2.03. The van der Waals surface area contributed by atoms with Crippen molar-refractivity contribution in [2.75, 3.05) is 44.7 Å². The molecule has 7 nitrogen and oxygen atoms in total. The maximum absolute atomic E-state index is 11.7. The fourth-order valence-electron chi connectivity index (χ4n) is 2.12. The van der Waals surface area contributed by atoms with Crippen LogP contribution < -0.4 is 10.6 Å². The third kappa shape index (κ3) is 5.42. The van der Waals surface area contributed by atoms with Gasteiger partial charge in [0.1, 0.15) is 5.82 Å². The van der Waals surface area contributed by atoms with Gasteiger partial charge in [0, 0.05) is 25.8 Å². The molecule has 0 bridgehead atoms. The molecule has 0 atom stereocenters. The Hall–Kier alpha value is -1.99. The summed E-state index contributed by atoms with van der Waals surface area (Å²) in [5.74, 6) is -0.953. The van der Waals surface area contributed by atoms with Crippen LogP contribution >= 0.6 is 0 Å². The predicted molar refractivity (Wildman–Crippen MR) is 82.5 cm³/mol. The number of nitrogens with one attached hydrogen (secondary N) is 2. The van der Waals surface area contributed by atoms with Crippen molar-refractivity contribution in [3.63, 3.8) is 0 Å². The monoisotopic (exact) mass is 306 g/mol. The van der Waals surface area contributed by atoms with E-state index in [1.807, 2.05) is 13.0 Å². The molecule has 1 aliphatic heterocycles. The molecule has 0 saturated carbocycles. The number of anilines is 1. The fraction of sp³-hybridized carbons (Fsp3) is 0.533. The van der Waals surface area contributed by atoms with Crippen LogP contribution in [-0.2, 0) is 14.3 Å². The molecular weight excluding hydrogens is 284 g/mol. The number of pyridine rings is 1. The van der Waals surface area contributed by atoms with Crippen molar-refractivity contribution in [2.24, 2.45) is 0 Å². The highest BCUT2D eigenvalue weighted by Gasteiger charge is 2.14. The van der Waals surface area contributed by atoms with E-state index in [0.717, 1.165) is 44.8 Å². The van der Waals surface area contributed by atoms with Gasteiger partial charge in [-0.05, 0) is 31.5 Å². The van der Waals surface area contributed by atoms with Gasteiger partial charge in [0.05, 0.1) is 13.2 Å². The van der Waals surface area contributed by atoms with Crippen molar-refractivity contribution >= 4 is 17.6 Å². The minimum absolute atomic E-state index is 0.374. The van der Waals surface area contributed by atoms with Gasteiger partial charge in [-0.2, -0.15) is 0 Å². The van der Waals surface area contributed by atoms with Crippen molar-refractivity contribution in [1.29, 1.82) is 0 Å². The van der Waals surface area contributed by atoms with E-state index >= 15 is 0 Å². The largest absolute Gasteiger partial charge is 0.379 e. The molecule has 1 aromatic rings. The molecule has 0 spiro atoms. The van der Waals surface area contributed by atoms with Gasteiger partial charge < -0.3 is 15.4 Å². The van der Waals surface area contributed by atoms with Crippen molar-refractivity contribution in [3.8, 4) is 0 Å². The average molecular weight is 306 g/mol. The lowest BCUT2D eigenvalue weighted by atomic mass is 10.3. The summed E-state index contributed by atoms with van der Waals surface area (Å²) in [7, 11) is 0. The highest BCUT2D eigenvalue weighted by molar-refractivity contribution is 6.39. The number of rotatable bonds is 5. The first-order chi connectivity index (χ1) is 10.6. The molecule has 2 N–H and O–H groups in total. The smallest absolute Gasteiger partial charge is 0.314 e. The standard InChI is InChI=1S/C15H22N4O3/c1-12-3-4-13(17-11-12)18-15(21)14(20)16-5-2-6-19-7-9-22-10-8-19/h3-4,11H,2,5-10H2,1H3,(H,16,20)(H,17,18,21). The number of hydrogen-bond donors (Lipinski definition) is 2. The van der Waals surface area contributed by atoms with Crippen LogP contribution in [0.4, 0.5) is 5.82 Å². The molecule has 0 radical (unpaired) electrons. The number of morpholine rings is 1. The summed E-state index contributed by atoms with van der Waals surface area (Å²) < 4.78 is 5.27. The molecule has 22 heavy (non-hydrogen) atoms. The van der Waals surface area contributed by atoms with Crippen LogP contribution in [0.2, 0.25) is 0 Å². The highest BCUT2D eigenvalue weighted by atomic mass is 16.5. The first-order valence-corrected chi connectivity index (χ1v) is 7.47. The van der Waals surface area contributed by atoms with Gasteiger partial charge in [-0.3, -0.25) is 14.5 Å². The maximum Gasteiger partial charge on any atom is 0.314 e. The summed E-state index contributed by atoms with van der Waals surface area (Å²) in [5.41, 5.74) is 0.991. The Labute approximate surface area is 130 Å². The van der Waals surface area contributed by atoms with Gasteiger partial charge in [0.15, 0.2) is 0 Å². The number of aryl methyl sites for hydroxylation is 1. The van der Waals surface area contributed by atoms with E-state index in [1.165, 1.54) is 0 Å². The average Bonchev–Trinajstić information content (AvgIpc) is 2.54. The second-order valence-corrected chi connectivity index (χ2v) is 5.24. The van der Waals surface area contributed by atoms with Gasteiger partial charge in [-0.25, -0.2) is 4.98 Å². The summed E-state index contributed by atoms with van der Waals surface area (Å²) >= 11 is 0. The lowest BCUT2D eigenvalue weighted by Crippen LogP contribution is -2.39. The molecule has 2 heterocycles. The zero-order valence-corrected chi connectivity index (χ0v) is 12.8. The summed E-state index contributed by atoms with van der Waals surface area (Å²) in [6.07, 6.45) is 2.44. The van der Waals surface area contributed by atoms with Gasteiger partial charge >= 0.3 is 11.8 Å². The third-order valence-corrected chi connectivity index (χ3v) is 3.40. The van der Waals surface area contributed by atoms with E-state index in [0.29, 0.717) is 12.4 Å². The van der Waals surface area contributed by atoms with Crippen molar-refractivity contribution in [1.82, 2.24) is 15.2 Å². The molecule has 1 saturated heterocycles. The van der Waals surface area contributed by atoms with Gasteiger partial charge in [0.25, 0.3) is 0 Å². The second-order valence-electron chi connectivity index (χ2n) is 5.24. The zero-order valence-electron chi connectivity index (χ0n) is 12.8.